The minimum Gasteiger partial charge on any atom is -0.376 e. The van der Waals surface area contributed by atoms with E-state index in [4.69, 9.17) is 9.72 Å². The number of amides is 1. The Balaban J connectivity index is 1.43. The molecular weight excluding hydrogens is 468 g/mol. The second-order valence-corrected chi connectivity index (χ2v) is 10.3. The molecule has 1 unspecified atom stereocenters. The van der Waals surface area contributed by atoms with Gasteiger partial charge < -0.3 is 10.1 Å². The fourth-order valence-electron chi connectivity index (χ4n) is 4.39. The number of anilines is 1. The summed E-state index contributed by atoms with van der Waals surface area (Å²) in [6.07, 6.45) is 5.82. The largest absolute Gasteiger partial charge is 0.376 e. The molecule has 1 aromatic carbocycles. The van der Waals surface area contributed by atoms with Gasteiger partial charge in [-0.1, -0.05) is 11.8 Å². The SMILES string of the molecule is O=C(CSc1nc2sc3c(c2c(=O)n1CC1CCCO1)CCCC3)Nc1ccc(F)cc1F. The highest BCUT2D eigenvalue weighted by atomic mass is 32.2. The molecule has 6 nitrogen and oxygen atoms in total. The highest BCUT2D eigenvalue weighted by Gasteiger charge is 2.25. The van der Waals surface area contributed by atoms with Crippen molar-refractivity contribution in [2.75, 3.05) is 17.7 Å². The minimum absolute atomic E-state index is 0.0575. The van der Waals surface area contributed by atoms with Crippen LogP contribution in [0.1, 0.15) is 36.1 Å². The van der Waals surface area contributed by atoms with Crippen molar-refractivity contribution in [3.8, 4) is 0 Å². The number of aromatic nitrogens is 2. The van der Waals surface area contributed by atoms with Crippen LogP contribution in [-0.2, 0) is 28.9 Å². The molecule has 1 aliphatic heterocycles. The van der Waals surface area contributed by atoms with E-state index in [1.54, 1.807) is 15.9 Å². The van der Waals surface area contributed by atoms with Crippen molar-refractivity contribution in [3.63, 3.8) is 0 Å². The van der Waals surface area contributed by atoms with Gasteiger partial charge in [-0.3, -0.25) is 14.2 Å². The molecule has 5 rings (SSSR count). The summed E-state index contributed by atoms with van der Waals surface area (Å²) >= 11 is 2.70. The van der Waals surface area contributed by atoms with E-state index in [0.29, 0.717) is 28.5 Å². The van der Waals surface area contributed by atoms with Gasteiger partial charge in [0, 0.05) is 17.6 Å². The molecule has 1 saturated heterocycles. The standard InChI is InChI=1S/C23H23F2N3O3S2/c24-13-7-8-17(16(25)10-13)26-19(29)12-32-23-27-21-20(15-5-1-2-6-18(15)33-21)22(30)28(23)11-14-4-3-9-31-14/h7-8,10,14H,1-6,9,11-12H2,(H,26,29). The van der Waals surface area contributed by atoms with Gasteiger partial charge in [-0.15, -0.1) is 11.3 Å². The zero-order valence-corrected chi connectivity index (χ0v) is 19.5. The Kier molecular flexibility index (Phi) is 6.49. The van der Waals surface area contributed by atoms with E-state index < -0.39 is 17.5 Å². The van der Waals surface area contributed by atoms with Crippen LogP contribution in [0.3, 0.4) is 0 Å². The van der Waals surface area contributed by atoms with Crippen LogP contribution in [0.4, 0.5) is 14.5 Å². The Morgan fingerprint density at radius 2 is 2.12 bits per heavy atom. The van der Waals surface area contributed by atoms with Gasteiger partial charge in [0.2, 0.25) is 5.91 Å². The highest BCUT2D eigenvalue weighted by molar-refractivity contribution is 7.99. The molecule has 0 radical (unpaired) electrons. The van der Waals surface area contributed by atoms with Crippen molar-refractivity contribution in [3.05, 3.63) is 50.6 Å². The van der Waals surface area contributed by atoms with Crippen LogP contribution < -0.4 is 10.9 Å². The van der Waals surface area contributed by atoms with E-state index in [1.165, 1.54) is 10.9 Å². The molecule has 3 heterocycles. The number of fused-ring (bicyclic) bond motifs is 3. The van der Waals surface area contributed by atoms with Gasteiger partial charge in [-0.05, 0) is 56.2 Å². The Hall–Kier alpha value is -2.30. The Morgan fingerprint density at radius 1 is 1.27 bits per heavy atom. The summed E-state index contributed by atoms with van der Waals surface area (Å²) in [5.41, 5.74) is 0.955. The topological polar surface area (TPSA) is 73.2 Å². The number of halogens is 2. The highest BCUT2D eigenvalue weighted by Crippen LogP contribution is 2.35. The van der Waals surface area contributed by atoms with Gasteiger partial charge in [-0.25, -0.2) is 13.8 Å². The number of thiophene rings is 1. The average Bonchev–Trinajstić information content (AvgIpc) is 3.44. The molecule has 1 N–H and O–H groups in total. The second kappa shape index (κ2) is 9.52. The summed E-state index contributed by atoms with van der Waals surface area (Å²) in [7, 11) is 0. The van der Waals surface area contributed by atoms with E-state index in [2.05, 4.69) is 5.32 Å². The van der Waals surface area contributed by atoms with Gasteiger partial charge in [0.05, 0.1) is 29.5 Å². The summed E-state index contributed by atoms with van der Waals surface area (Å²) in [6.45, 7) is 1.07. The van der Waals surface area contributed by atoms with Crippen LogP contribution >= 0.6 is 23.1 Å². The molecule has 1 amide bonds. The van der Waals surface area contributed by atoms with Crippen LogP contribution in [0.25, 0.3) is 10.2 Å². The van der Waals surface area contributed by atoms with E-state index >= 15 is 0 Å². The lowest BCUT2D eigenvalue weighted by molar-refractivity contribution is -0.113. The lowest BCUT2D eigenvalue weighted by atomic mass is 9.97. The quantitative estimate of drug-likeness (QED) is 0.405. The molecule has 2 aliphatic rings. The van der Waals surface area contributed by atoms with Crippen LogP contribution in [0.5, 0.6) is 0 Å². The molecule has 1 aliphatic carbocycles. The summed E-state index contributed by atoms with van der Waals surface area (Å²) < 4.78 is 34.4. The number of benzene rings is 1. The number of rotatable bonds is 6. The molecule has 0 bridgehead atoms. The van der Waals surface area contributed by atoms with E-state index in [-0.39, 0.29) is 23.1 Å². The number of aryl methyl sites for hydroxylation is 2. The Morgan fingerprint density at radius 3 is 2.91 bits per heavy atom. The minimum atomic E-state index is -0.840. The van der Waals surface area contributed by atoms with E-state index in [1.807, 2.05) is 0 Å². The molecule has 3 aromatic rings. The molecule has 0 saturated carbocycles. The third kappa shape index (κ3) is 4.69. The lowest BCUT2D eigenvalue weighted by Crippen LogP contribution is -2.29. The summed E-state index contributed by atoms with van der Waals surface area (Å²) in [6, 6.07) is 2.98. The van der Waals surface area contributed by atoms with Gasteiger partial charge in [0.15, 0.2) is 5.16 Å². The number of carbonyl (C=O) groups excluding carboxylic acids is 1. The maximum atomic E-state index is 13.9. The van der Waals surface area contributed by atoms with Crippen LogP contribution in [0.15, 0.2) is 28.2 Å². The number of thioether (sulfide) groups is 1. The summed E-state index contributed by atoms with van der Waals surface area (Å²) in [5.74, 6) is -2.08. The third-order valence-electron chi connectivity index (χ3n) is 5.99. The monoisotopic (exact) mass is 491 g/mol. The molecule has 10 heteroatoms. The first kappa shape index (κ1) is 22.5. The van der Waals surface area contributed by atoms with Crippen molar-refractivity contribution >= 4 is 44.9 Å². The zero-order chi connectivity index (χ0) is 22.9. The fraction of sp³-hybridized carbons (Fsp3) is 0.435. The van der Waals surface area contributed by atoms with Gasteiger partial charge in [0.1, 0.15) is 16.5 Å². The second-order valence-electron chi connectivity index (χ2n) is 8.30. The fourth-order valence-corrected chi connectivity index (χ4v) is 6.50. The summed E-state index contributed by atoms with van der Waals surface area (Å²) in [4.78, 5) is 32.7. The van der Waals surface area contributed by atoms with Crippen LogP contribution in [-0.4, -0.2) is 33.9 Å². The zero-order valence-electron chi connectivity index (χ0n) is 17.9. The molecule has 1 fully saturated rings. The number of carbonyl (C=O) groups is 1. The Bertz CT molecular complexity index is 1270. The summed E-state index contributed by atoms with van der Waals surface area (Å²) in [5, 5.41) is 3.61. The normalized spacial score (nSPS) is 17.9. The molecule has 0 spiro atoms. The predicted octanol–water partition coefficient (Wildman–Crippen LogP) is 4.52. The van der Waals surface area contributed by atoms with Gasteiger partial charge >= 0.3 is 0 Å². The van der Waals surface area contributed by atoms with Crippen molar-refractivity contribution < 1.29 is 18.3 Å². The number of hydrogen-bond acceptors (Lipinski definition) is 6. The van der Waals surface area contributed by atoms with Crippen molar-refractivity contribution in [2.45, 2.75) is 56.3 Å². The van der Waals surface area contributed by atoms with Crippen LogP contribution in [0, 0.1) is 11.6 Å². The number of nitrogens with zero attached hydrogens (tertiary/aromatic N) is 2. The molecule has 2 aromatic heterocycles. The number of hydrogen-bond donors (Lipinski definition) is 1. The van der Waals surface area contributed by atoms with Crippen molar-refractivity contribution in [1.82, 2.24) is 9.55 Å². The van der Waals surface area contributed by atoms with E-state index in [0.717, 1.165) is 68.0 Å². The first-order chi connectivity index (χ1) is 16.0. The maximum absolute atomic E-state index is 13.9. The average molecular weight is 492 g/mol. The predicted molar refractivity (Wildman–Crippen MR) is 125 cm³/mol. The van der Waals surface area contributed by atoms with Crippen molar-refractivity contribution in [1.29, 1.82) is 0 Å². The smallest absolute Gasteiger partial charge is 0.263 e. The Labute approximate surface area is 197 Å². The lowest BCUT2D eigenvalue weighted by Gasteiger charge is -2.16. The molecule has 174 valence electrons. The van der Waals surface area contributed by atoms with Gasteiger partial charge in [0.25, 0.3) is 5.56 Å². The van der Waals surface area contributed by atoms with E-state index in [9.17, 15) is 18.4 Å². The van der Waals surface area contributed by atoms with Gasteiger partial charge in [-0.2, -0.15) is 0 Å². The third-order valence-corrected chi connectivity index (χ3v) is 8.15. The molecule has 33 heavy (non-hydrogen) atoms. The van der Waals surface area contributed by atoms with Crippen LogP contribution in [0.2, 0.25) is 0 Å². The maximum Gasteiger partial charge on any atom is 0.263 e. The van der Waals surface area contributed by atoms with Crippen molar-refractivity contribution in [2.24, 2.45) is 0 Å². The first-order valence-corrected chi connectivity index (χ1v) is 12.8. The number of nitrogens with one attached hydrogen (secondary N) is 1. The first-order valence-electron chi connectivity index (χ1n) is 11.0. The number of ether oxygens (including phenoxy) is 1. The molecular formula is C23H23F2N3O3S2. The molecule has 1 atom stereocenters.